The molecule has 0 aromatic rings. The van der Waals surface area contributed by atoms with E-state index in [1.807, 2.05) is 6.92 Å². The first-order chi connectivity index (χ1) is 9.08. The van der Waals surface area contributed by atoms with Crippen LogP contribution in [0.25, 0.3) is 0 Å². The number of hydrogen-bond acceptors (Lipinski definition) is 4. The van der Waals surface area contributed by atoms with E-state index < -0.39 is 0 Å². The van der Waals surface area contributed by atoms with Gasteiger partial charge in [0.15, 0.2) is 0 Å². The number of ether oxygens (including phenoxy) is 1. The monoisotopic (exact) mass is 267 g/mol. The van der Waals surface area contributed by atoms with E-state index in [-0.39, 0.29) is 41.3 Å². The number of esters is 1. The van der Waals surface area contributed by atoms with Crippen molar-refractivity contribution in [1.29, 1.82) is 0 Å². The zero-order chi connectivity index (χ0) is 13.8. The van der Waals surface area contributed by atoms with Gasteiger partial charge in [-0.2, -0.15) is 0 Å². The van der Waals surface area contributed by atoms with Gasteiger partial charge in [-0.15, -0.1) is 0 Å². The van der Waals surface area contributed by atoms with E-state index in [1.165, 1.54) is 0 Å². The Morgan fingerprint density at radius 3 is 3.00 bits per heavy atom. The van der Waals surface area contributed by atoms with Crippen molar-refractivity contribution >= 4 is 5.97 Å². The Hall–Kier alpha value is -1.39. The molecule has 0 aromatic carbocycles. The first kappa shape index (κ1) is 14.0. The Kier molecular flexibility index (Phi) is 4.56. The first-order valence-electron chi connectivity index (χ1n) is 7.04. The lowest BCUT2D eigenvalue weighted by Crippen LogP contribution is -2.29. The van der Waals surface area contributed by atoms with Crippen LogP contribution in [0.5, 0.6) is 0 Å². The lowest BCUT2D eigenvalue weighted by atomic mass is 9.87. The molecule has 0 spiro atoms. The first-order valence-corrected chi connectivity index (χ1v) is 7.04. The van der Waals surface area contributed by atoms with Crippen molar-refractivity contribution in [3.63, 3.8) is 0 Å². The molecule has 0 aromatic heterocycles. The molecule has 19 heavy (non-hydrogen) atoms. The van der Waals surface area contributed by atoms with Crippen molar-refractivity contribution in [2.45, 2.75) is 45.1 Å². The maximum Gasteiger partial charge on any atom is 0.306 e. The Morgan fingerprint density at radius 1 is 1.47 bits per heavy atom. The summed E-state index contributed by atoms with van der Waals surface area (Å²) < 4.78 is 5.54. The Balaban J connectivity index is 2.13. The number of hydrogen-bond donors (Lipinski definition) is 0. The zero-order valence-corrected chi connectivity index (χ0v) is 11.3. The molecule has 5 heteroatoms. The van der Waals surface area contributed by atoms with Crippen LogP contribution in [0.15, 0.2) is 12.2 Å². The summed E-state index contributed by atoms with van der Waals surface area (Å²) in [6.07, 6.45) is 7.72. The van der Waals surface area contributed by atoms with E-state index in [1.54, 1.807) is 0 Å². The fraction of sp³-hybridized carbons (Fsp3) is 0.786. The number of nitro groups is 1. The number of rotatable bonds is 2. The largest absolute Gasteiger partial charge is 0.462 e. The second-order valence-electron chi connectivity index (χ2n) is 5.68. The third-order valence-electron chi connectivity index (χ3n) is 4.33. The minimum absolute atomic E-state index is 0.0110. The predicted octanol–water partition coefficient (Wildman–Crippen LogP) is 2.58. The molecule has 1 aliphatic heterocycles. The molecule has 0 unspecified atom stereocenters. The van der Waals surface area contributed by atoms with Gasteiger partial charge in [0.25, 0.3) is 0 Å². The van der Waals surface area contributed by atoms with Gasteiger partial charge in [-0.05, 0) is 31.6 Å². The summed E-state index contributed by atoms with van der Waals surface area (Å²) in [5.41, 5.74) is 0. The summed E-state index contributed by atoms with van der Waals surface area (Å²) in [6.45, 7) is 2.01. The van der Waals surface area contributed by atoms with E-state index in [0.29, 0.717) is 6.42 Å². The van der Waals surface area contributed by atoms with E-state index in [2.05, 4.69) is 12.2 Å². The standard InChI is InChI=1S/C14H21NO4/c1-10-8-13-11(12(10)9-15(17)18)6-4-2-3-5-7-14(16)19-13/h2,4,10-13H,3,5-9H2,1H3/b4-2-/t10-,11-,12+,13+/m1/s1. The van der Waals surface area contributed by atoms with Crippen LogP contribution in [0, 0.1) is 27.9 Å². The molecule has 0 radical (unpaired) electrons. The average Bonchev–Trinajstić information content (AvgIpc) is 2.61. The molecular weight excluding hydrogens is 246 g/mol. The number of allylic oxidation sites excluding steroid dienone is 2. The van der Waals surface area contributed by atoms with Gasteiger partial charge in [0.05, 0.1) is 0 Å². The number of carbonyl (C=O) groups excluding carboxylic acids is 1. The van der Waals surface area contributed by atoms with Crippen LogP contribution in [0.3, 0.4) is 0 Å². The van der Waals surface area contributed by atoms with Crippen LogP contribution in [0.1, 0.15) is 39.0 Å². The van der Waals surface area contributed by atoms with Crippen molar-refractivity contribution in [3.05, 3.63) is 22.3 Å². The van der Waals surface area contributed by atoms with E-state index >= 15 is 0 Å². The molecule has 1 saturated carbocycles. The van der Waals surface area contributed by atoms with Gasteiger partial charge in [0.2, 0.25) is 6.54 Å². The quantitative estimate of drug-likeness (QED) is 0.334. The Bertz CT molecular complexity index is 380. The van der Waals surface area contributed by atoms with Crippen molar-refractivity contribution in [3.8, 4) is 0 Å². The van der Waals surface area contributed by atoms with Crippen LogP contribution in [0.4, 0.5) is 0 Å². The van der Waals surface area contributed by atoms with Crippen LogP contribution in [0.2, 0.25) is 0 Å². The van der Waals surface area contributed by atoms with Gasteiger partial charge in [0, 0.05) is 23.2 Å². The second kappa shape index (κ2) is 6.17. The summed E-state index contributed by atoms with van der Waals surface area (Å²) in [6, 6.07) is 0. The molecule has 1 heterocycles. The topological polar surface area (TPSA) is 69.4 Å². The van der Waals surface area contributed by atoms with Gasteiger partial charge in [-0.1, -0.05) is 19.1 Å². The highest BCUT2D eigenvalue weighted by atomic mass is 16.6. The summed E-state index contributed by atoms with van der Waals surface area (Å²) >= 11 is 0. The third-order valence-corrected chi connectivity index (χ3v) is 4.33. The lowest BCUT2D eigenvalue weighted by Gasteiger charge is -2.23. The van der Waals surface area contributed by atoms with E-state index in [9.17, 15) is 14.9 Å². The molecule has 0 saturated heterocycles. The molecule has 0 bridgehead atoms. The highest BCUT2D eigenvalue weighted by Gasteiger charge is 2.44. The maximum absolute atomic E-state index is 11.7. The normalized spacial score (nSPS) is 37.2. The van der Waals surface area contributed by atoms with Gasteiger partial charge in [-0.25, -0.2) is 0 Å². The fourth-order valence-electron chi connectivity index (χ4n) is 3.33. The SMILES string of the molecule is C[C@@H]1C[C@@H]2OC(=O)CCC/C=C\C[C@@H]2[C@H]1C[N+](=O)[O-]. The van der Waals surface area contributed by atoms with Crippen molar-refractivity contribution in [1.82, 2.24) is 0 Å². The zero-order valence-electron chi connectivity index (χ0n) is 11.3. The molecule has 2 rings (SSSR count). The summed E-state index contributed by atoms with van der Waals surface area (Å²) in [5.74, 6) is 0.192. The van der Waals surface area contributed by atoms with Crippen LogP contribution >= 0.6 is 0 Å². The minimum atomic E-state index is -0.242. The maximum atomic E-state index is 11.7. The number of carbonyl (C=O) groups is 1. The molecule has 5 nitrogen and oxygen atoms in total. The van der Waals surface area contributed by atoms with E-state index in [0.717, 1.165) is 25.7 Å². The molecule has 106 valence electrons. The molecule has 0 N–H and O–H groups in total. The van der Waals surface area contributed by atoms with Crippen LogP contribution < -0.4 is 0 Å². The van der Waals surface area contributed by atoms with Gasteiger partial charge in [0.1, 0.15) is 6.10 Å². The number of fused-ring (bicyclic) bond motifs is 1. The highest BCUT2D eigenvalue weighted by molar-refractivity contribution is 5.69. The third kappa shape index (κ3) is 3.55. The van der Waals surface area contributed by atoms with Gasteiger partial charge < -0.3 is 4.74 Å². The lowest BCUT2D eigenvalue weighted by molar-refractivity contribution is -0.491. The van der Waals surface area contributed by atoms with Crippen molar-refractivity contribution in [2.24, 2.45) is 17.8 Å². The predicted molar refractivity (Wildman–Crippen MR) is 70.1 cm³/mol. The van der Waals surface area contributed by atoms with Gasteiger partial charge in [-0.3, -0.25) is 14.9 Å². The molecule has 4 atom stereocenters. The van der Waals surface area contributed by atoms with Crippen LogP contribution in [-0.2, 0) is 9.53 Å². The van der Waals surface area contributed by atoms with Crippen LogP contribution in [-0.4, -0.2) is 23.5 Å². The molecule has 1 fully saturated rings. The fourth-order valence-corrected chi connectivity index (χ4v) is 3.33. The smallest absolute Gasteiger partial charge is 0.306 e. The summed E-state index contributed by atoms with van der Waals surface area (Å²) in [5, 5.41) is 10.8. The van der Waals surface area contributed by atoms with Gasteiger partial charge >= 0.3 is 5.97 Å². The minimum Gasteiger partial charge on any atom is -0.462 e. The second-order valence-corrected chi connectivity index (χ2v) is 5.68. The molecular formula is C14H21NO4. The molecule has 1 aliphatic carbocycles. The van der Waals surface area contributed by atoms with E-state index in [4.69, 9.17) is 4.74 Å². The summed E-state index contributed by atoms with van der Waals surface area (Å²) in [7, 11) is 0. The number of nitrogens with zero attached hydrogens (tertiary/aromatic N) is 1. The Morgan fingerprint density at radius 2 is 2.26 bits per heavy atom. The highest BCUT2D eigenvalue weighted by Crippen LogP contribution is 2.41. The van der Waals surface area contributed by atoms with Crippen molar-refractivity contribution < 1.29 is 14.5 Å². The Labute approximate surface area is 113 Å². The average molecular weight is 267 g/mol. The molecule has 0 amide bonds. The summed E-state index contributed by atoms with van der Waals surface area (Å²) in [4.78, 5) is 22.3. The van der Waals surface area contributed by atoms with Crippen molar-refractivity contribution in [2.75, 3.05) is 6.54 Å². The molecule has 2 aliphatic rings.